The molecule has 1 rings (SSSR count). The summed E-state index contributed by atoms with van der Waals surface area (Å²) >= 11 is 0. The number of carbonyl (C=O) groups excluding carboxylic acids is 1. The molecule has 0 saturated carbocycles. The number of amides is 1. The van der Waals surface area contributed by atoms with Crippen molar-refractivity contribution < 1.29 is 4.79 Å². The lowest BCUT2D eigenvalue weighted by Gasteiger charge is -2.15. The number of likely N-dealkylation sites (N-methyl/N-ethyl adjacent to an activating group) is 1. The molecule has 0 aliphatic heterocycles. The Labute approximate surface area is 95.2 Å². The highest BCUT2D eigenvalue weighted by atomic mass is 16.2. The number of nitrogens with one attached hydrogen (secondary N) is 1. The smallest absolute Gasteiger partial charge is 0.239 e. The number of rotatable bonds is 6. The molecule has 0 atom stereocenters. The third-order valence-corrected chi connectivity index (χ3v) is 1.94. The Hall–Kier alpha value is -1.91. The third-order valence-electron chi connectivity index (χ3n) is 1.94. The maximum atomic E-state index is 11.5. The Morgan fingerprint density at radius 1 is 1.56 bits per heavy atom. The van der Waals surface area contributed by atoms with E-state index in [1.807, 2.05) is 0 Å². The van der Waals surface area contributed by atoms with Gasteiger partial charge in [-0.25, -0.2) is 9.97 Å². The average Bonchev–Trinajstić information content (AvgIpc) is 2.30. The highest BCUT2D eigenvalue weighted by molar-refractivity contribution is 5.80. The van der Waals surface area contributed by atoms with Crippen molar-refractivity contribution in [2.24, 2.45) is 0 Å². The van der Waals surface area contributed by atoms with Crippen molar-refractivity contribution in [1.82, 2.24) is 15.3 Å². The average molecular weight is 220 g/mol. The van der Waals surface area contributed by atoms with Crippen LogP contribution in [0, 0.1) is 0 Å². The summed E-state index contributed by atoms with van der Waals surface area (Å²) in [6.07, 6.45) is 5.84. The number of nitrogens with zero attached hydrogens (tertiary/aromatic N) is 3. The van der Waals surface area contributed by atoms with Crippen molar-refractivity contribution in [3.05, 3.63) is 31.1 Å². The molecule has 5 heteroatoms. The Kier molecular flexibility index (Phi) is 4.98. The van der Waals surface area contributed by atoms with Crippen LogP contribution >= 0.6 is 0 Å². The zero-order valence-electron chi connectivity index (χ0n) is 9.39. The normalized spacial score (nSPS) is 9.56. The molecule has 86 valence electrons. The van der Waals surface area contributed by atoms with Gasteiger partial charge in [0.15, 0.2) is 0 Å². The van der Waals surface area contributed by atoms with Crippen molar-refractivity contribution in [2.45, 2.75) is 6.42 Å². The van der Waals surface area contributed by atoms with Crippen LogP contribution in [-0.4, -0.2) is 36.0 Å². The van der Waals surface area contributed by atoms with Gasteiger partial charge in [-0.2, -0.15) is 0 Å². The van der Waals surface area contributed by atoms with E-state index >= 15 is 0 Å². The molecule has 1 aromatic rings. The summed E-state index contributed by atoms with van der Waals surface area (Å²) in [5.41, 5.74) is 0. The van der Waals surface area contributed by atoms with E-state index < -0.39 is 0 Å². The summed E-state index contributed by atoms with van der Waals surface area (Å²) in [6.45, 7) is 4.45. The van der Waals surface area contributed by atoms with Gasteiger partial charge in [0.05, 0.1) is 6.54 Å². The number of carbonyl (C=O) groups is 1. The summed E-state index contributed by atoms with van der Waals surface area (Å²) in [7, 11) is 1.78. The van der Waals surface area contributed by atoms with Crippen molar-refractivity contribution in [2.75, 3.05) is 25.0 Å². The molecule has 5 nitrogen and oxygen atoms in total. The van der Waals surface area contributed by atoms with E-state index in [-0.39, 0.29) is 12.5 Å². The zero-order valence-corrected chi connectivity index (χ0v) is 9.39. The fourth-order valence-electron chi connectivity index (χ4n) is 1.14. The van der Waals surface area contributed by atoms with Gasteiger partial charge in [0.25, 0.3) is 0 Å². The van der Waals surface area contributed by atoms with Gasteiger partial charge in [-0.3, -0.25) is 4.79 Å². The van der Waals surface area contributed by atoms with Crippen LogP contribution < -0.4 is 10.2 Å². The SMILES string of the molecule is C=CCCNC(=O)CN(C)c1ncccn1. The van der Waals surface area contributed by atoms with Crippen LogP contribution in [0.4, 0.5) is 5.95 Å². The second kappa shape index (κ2) is 6.55. The molecular weight excluding hydrogens is 204 g/mol. The first kappa shape index (κ1) is 12.2. The summed E-state index contributed by atoms with van der Waals surface area (Å²) in [4.78, 5) is 21.3. The second-order valence-corrected chi connectivity index (χ2v) is 3.33. The molecule has 1 heterocycles. The third kappa shape index (κ3) is 4.08. The topological polar surface area (TPSA) is 58.1 Å². The van der Waals surface area contributed by atoms with Crippen LogP contribution in [0.15, 0.2) is 31.1 Å². The van der Waals surface area contributed by atoms with Crippen LogP contribution in [0.2, 0.25) is 0 Å². The van der Waals surface area contributed by atoms with Crippen molar-refractivity contribution in [1.29, 1.82) is 0 Å². The molecule has 0 aromatic carbocycles. The van der Waals surface area contributed by atoms with Crippen LogP contribution in [0.1, 0.15) is 6.42 Å². The minimum atomic E-state index is -0.0446. The van der Waals surface area contributed by atoms with Gasteiger partial charge in [0.2, 0.25) is 11.9 Å². The van der Waals surface area contributed by atoms with Gasteiger partial charge in [-0.05, 0) is 12.5 Å². The van der Waals surface area contributed by atoms with Crippen molar-refractivity contribution in [3.63, 3.8) is 0 Å². The summed E-state index contributed by atoms with van der Waals surface area (Å²) in [6, 6.07) is 1.74. The maximum Gasteiger partial charge on any atom is 0.239 e. The van der Waals surface area contributed by atoms with Crippen LogP contribution in [0.5, 0.6) is 0 Å². The molecule has 1 aromatic heterocycles. The molecule has 0 radical (unpaired) electrons. The van der Waals surface area contributed by atoms with E-state index in [0.29, 0.717) is 12.5 Å². The van der Waals surface area contributed by atoms with Crippen LogP contribution in [0.25, 0.3) is 0 Å². The minimum absolute atomic E-state index is 0.0446. The van der Waals surface area contributed by atoms with E-state index in [9.17, 15) is 4.79 Å². The van der Waals surface area contributed by atoms with Crippen LogP contribution in [0.3, 0.4) is 0 Å². The Morgan fingerprint density at radius 2 is 2.25 bits per heavy atom. The summed E-state index contributed by atoms with van der Waals surface area (Å²) in [5, 5.41) is 2.78. The lowest BCUT2D eigenvalue weighted by Crippen LogP contribution is -2.36. The fourth-order valence-corrected chi connectivity index (χ4v) is 1.14. The number of anilines is 1. The molecule has 1 amide bonds. The molecule has 0 fully saturated rings. The first-order valence-electron chi connectivity index (χ1n) is 5.10. The van der Waals surface area contributed by atoms with E-state index in [2.05, 4.69) is 21.9 Å². The van der Waals surface area contributed by atoms with Gasteiger partial charge < -0.3 is 10.2 Å². The van der Waals surface area contributed by atoms with Crippen molar-refractivity contribution in [3.8, 4) is 0 Å². The quantitative estimate of drug-likeness (QED) is 0.563. The molecule has 0 bridgehead atoms. The molecule has 0 unspecified atom stereocenters. The highest BCUT2D eigenvalue weighted by Gasteiger charge is 2.07. The lowest BCUT2D eigenvalue weighted by molar-refractivity contribution is -0.119. The molecule has 0 spiro atoms. The van der Waals surface area contributed by atoms with E-state index in [1.54, 1.807) is 36.5 Å². The second-order valence-electron chi connectivity index (χ2n) is 3.33. The maximum absolute atomic E-state index is 11.5. The van der Waals surface area contributed by atoms with E-state index in [0.717, 1.165) is 6.42 Å². The molecule has 0 aliphatic rings. The summed E-state index contributed by atoms with van der Waals surface area (Å²) in [5.74, 6) is 0.498. The van der Waals surface area contributed by atoms with Gasteiger partial charge in [0, 0.05) is 26.0 Å². The van der Waals surface area contributed by atoms with E-state index in [1.165, 1.54) is 0 Å². The fraction of sp³-hybridized carbons (Fsp3) is 0.364. The van der Waals surface area contributed by atoms with E-state index in [4.69, 9.17) is 0 Å². The molecular formula is C11H16N4O. The molecule has 0 aliphatic carbocycles. The first-order chi connectivity index (χ1) is 7.74. The number of hydrogen-bond acceptors (Lipinski definition) is 4. The Balaban J connectivity index is 2.36. The van der Waals surface area contributed by atoms with Crippen LogP contribution in [-0.2, 0) is 4.79 Å². The highest BCUT2D eigenvalue weighted by Crippen LogP contribution is 2.00. The first-order valence-corrected chi connectivity index (χ1v) is 5.10. The van der Waals surface area contributed by atoms with Gasteiger partial charge in [0.1, 0.15) is 0 Å². The lowest BCUT2D eigenvalue weighted by atomic mass is 10.4. The standard InChI is InChI=1S/C11H16N4O/c1-3-4-6-12-10(16)9-15(2)11-13-7-5-8-14-11/h3,5,7-8H,1,4,6,9H2,2H3,(H,12,16). The zero-order chi connectivity index (χ0) is 11.8. The van der Waals surface area contributed by atoms with Crippen molar-refractivity contribution >= 4 is 11.9 Å². The molecule has 16 heavy (non-hydrogen) atoms. The number of aromatic nitrogens is 2. The molecule has 1 N–H and O–H groups in total. The van der Waals surface area contributed by atoms with Gasteiger partial charge >= 0.3 is 0 Å². The Bertz CT molecular complexity index is 339. The molecule has 0 saturated heterocycles. The largest absolute Gasteiger partial charge is 0.354 e. The predicted molar refractivity (Wildman–Crippen MR) is 63.1 cm³/mol. The summed E-state index contributed by atoms with van der Waals surface area (Å²) < 4.78 is 0. The van der Waals surface area contributed by atoms with Gasteiger partial charge in [-0.1, -0.05) is 6.08 Å². The number of hydrogen-bond donors (Lipinski definition) is 1. The Morgan fingerprint density at radius 3 is 2.88 bits per heavy atom. The minimum Gasteiger partial charge on any atom is -0.354 e. The monoisotopic (exact) mass is 220 g/mol. The predicted octanol–water partition coefficient (Wildman–Crippen LogP) is 0.605. The van der Waals surface area contributed by atoms with Gasteiger partial charge in [-0.15, -0.1) is 6.58 Å².